The molecule has 0 saturated heterocycles. The summed E-state index contributed by atoms with van der Waals surface area (Å²) in [5.74, 6) is 0.906. The molecule has 0 spiro atoms. The molecule has 1 aliphatic rings. The predicted octanol–water partition coefficient (Wildman–Crippen LogP) is 13.9. The molecule has 1 aliphatic carbocycles. The standard InChI is InChI=1S/C57H37N3/c58-38-39-15-14-16-44(37-39)40-27-31-42(32-28-40)54-48(41-29-33-43(34-30-41)56-59-52-25-12-13-26-53(52)60(56)47-21-8-3-9-22-47)35-36-51-55(54)49-23-10-11-24-50(49)57(51,45-17-4-1-5-18-45)46-19-6-2-7-20-46/h1-37H. The molecule has 0 aliphatic heterocycles. The quantitative estimate of drug-likeness (QED) is 0.162. The van der Waals surface area contributed by atoms with Crippen molar-refractivity contribution >= 4 is 11.0 Å². The van der Waals surface area contributed by atoms with Crippen LogP contribution in [0.2, 0.25) is 0 Å². The molecule has 0 atom stereocenters. The molecule has 9 aromatic carbocycles. The van der Waals surface area contributed by atoms with Crippen LogP contribution < -0.4 is 0 Å². The van der Waals surface area contributed by atoms with Gasteiger partial charge in [0.05, 0.1) is 28.1 Å². The molecule has 3 heteroatoms. The minimum atomic E-state index is -0.528. The highest BCUT2D eigenvalue weighted by Crippen LogP contribution is 2.59. The van der Waals surface area contributed by atoms with E-state index in [1.807, 2.05) is 30.3 Å². The first-order chi connectivity index (χ1) is 29.7. The second kappa shape index (κ2) is 14.4. The van der Waals surface area contributed by atoms with E-state index in [9.17, 15) is 5.26 Å². The lowest BCUT2D eigenvalue weighted by Crippen LogP contribution is -2.28. The Hall–Kier alpha value is -8.06. The highest BCUT2D eigenvalue weighted by atomic mass is 15.1. The highest BCUT2D eigenvalue weighted by molar-refractivity contribution is 6.02. The molecule has 10 aromatic rings. The van der Waals surface area contributed by atoms with Crippen molar-refractivity contribution in [2.45, 2.75) is 5.41 Å². The van der Waals surface area contributed by atoms with Crippen LogP contribution in [0.5, 0.6) is 0 Å². The average Bonchev–Trinajstić information content (AvgIpc) is 3.87. The van der Waals surface area contributed by atoms with Crippen molar-refractivity contribution in [3.8, 4) is 67.7 Å². The van der Waals surface area contributed by atoms with Gasteiger partial charge < -0.3 is 0 Å². The lowest BCUT2D eigenvalue weighted by Gasteiger charge is -2.34. The third-order valence-corrected chi connectivity index (χ3v) is 12.2. The van der Waals surface area contributed by atoms with E-state index in [4.69, 9.17) is 4.98 Å². The summed E-state index contributed by atoms with van der Waals surface area (Å²) in [5.41, 5.74) is 18.4. The maximum absolute atomic E-state index is 9.64. The molecule has 0 amide bonds. The number of hydrogen-bond acceptors (Lipinski definition) is 2. The van der Waals surface area contributed by atoms with E-state index in [2.05, 4.69) is 205 Å². The molecule has 11 rings (SSSR count). The van der Waals surface area contributed by atoms with Crippen molar-refractivity contribution in [2.24, 2.45) is 0 Å². The van der Waals surface area contributed by atoms with E-state index in [0.717, 1.165) is 55.9 Å². The van der Waals surface area contributed by atoms with Crippen LogP contribution in [0.1, 0.15) is 27.8 Å². The van der Waals surface area contributed by atoms with Gasteiger partial charge in [0.1, 0.15) is 5.82 Å². The van der Waals surface area contributed by atoms with Crippen LogP contribution in [0.25, 0.3) is 72.6 Å². The number of para-hydroxylation sites is 3. The maximum atomic E-state index is 9.64. The van der Waals surface area contributed by atoms with E-state index >= 15 is 0 Å². The summed E-state index contributed by atoms with van der Waals surface area (Å²) in [7, 11) is 0. The van der Waals surface area contributed by atoms with Crippen LogP contribution in [0.3, 0.4) is 0 Å². The number of fused-ring (bicyclic) bond motifs is 4. The van der Waals surface area contributed by atoms with Crippen molar-refractivity contribution in [2.75, 3.05) is 0 Å². The van der Waals surface area contributed by atoms with Crippen LogP contribution in [0.4, 0.5) is 0 Å². The fourth-order valence-electron chi connectivity index (χ4n) is 9.53. The lowest BCUT2D eigenvalue weighted by molar-refractivity contribution is 0.768. The Bertz CT molecular complexity index is 3190. The topological polar surface area (TPSA) is 41.6 Å². The highest BCUT2D eigenvalue weighted by Gasteiger charge is 2.47. The van der Waals surface area contributed by atoms with Gasteiger partial charge in [-0.15, -0.1) is 0 Å². The van der Waals surface area contributed by atoms with E-state index in [0.29, 0.717) is 5.56 Å². The Balaban J connectivity index is 1.15. The third kappa shape index (κ3) is 5.54. The van der Waals surface area contributed by atoms with Gasteiger partial charge in [0, 0.05) is 11.3 Å². The zero-order valence-corrected chi connectivity index (χ0v) is 32.7. The van der Waals surface area contributed by atoms with E-state index in [-0.39, 0.29) is 0 Å². The van der Waals surface area contributed by atoms with Crippen LogP contribution in [0, 0.1) is 11.3 Å². The monoisotopic (exact) mass is 763 g/mol. The predicted molar refractivity (Wildman–Crippen MR) is 245 cm³/mol. The summed E-state index contributed by atoms with van der Waals surface area (Å²) in [4.78, 5) is 5.16. The molecule has 280 valence electrons. The Kier molecular flexibility index (Phi) is 8.43. The number of nitrogens with zero attached hydrogens (tertiary/aromatic N) is 3. The van der Waals surface area contributed by atoms with Gasteiger partial charge >= 0.3 is 0 Å². The Morgan fingerprint density at radius 1 is 0.417 bits per heavy atom. The SMILES string of the molecule is N#Cc1cccc(-c2ccc(-c3c(-c4ccc(-c5nc6ccccc6n5-c5ccccc5)cc4)ccc4c3-c3ccccc3C4(c3ccccc3)c3ccccc3)cc2)c1. The molecule has 0 bridgehead atoms. The Morgan fingerprint density at radius 2 is 1.02 bits per heavy atom. The van der Waals surface area contributed by atoms with Gasteiger partial charge in [-0.3, -0.25) is 4.57 Å². The zero-order valence-electron chi connectivity index (χ0n) is 32.7. The first kappa shape index (κ1) is 35.1. The van der Waals surface area contributed by atoms with Crippen molar-refractivity contribution in [3.63, 3.8) is 0 Å². The first-order valence-electron chi connectivity index (χ1n) is 20.4. The molecular weight excluding hydrogens is 727 g/mol. The van der Waals surface area contributed by atoms with Gasteiger partial charge in [0.2, 0.25) is 0 Å². The summed E-state index contributed by atoms with van der Waals surface area (Å²) in [6, 6.07) is 82.3. The summed E-state index contributed by atoms with van der Waals surface area (Å²) in [6.45, 7) is 0. The average molecular weight is 764 g/mol. The van der Waals surface area contributed by atoms with Crippen molar-refractivity contribution in [3.05, 3.63) is 252 Å². The molecular formula is C57H37N3. The van der Waals surface area contributed by atoms with Crippen LogP contribution in [-0.4, -0.2) is 9.55 Å². The van der Waals surface area contributed by atoms with Crippen molar-refractivity contribution in [1.29, 1.82) is 5.26 Å². The normalized spacial score (nSPS) is 12.4. The third-order valence-electron chi connectivity index (χ3n) is 12.2. The molecule has 60 heavy (non-hydrogen) atoms. The zero-order chi connectivity index (χ0) is 40.0. The fraction of sp³-hybridized carbons (Fsp3) is 0.0175. The summed E-state index contributed by atoms with van der Waals surface area (Å²) in [5, 5.41) is 9.64. The smallest absolute Gasteiger partial charge is 0.145 e. The Morgan fingerprint density at radius 3 is 1.73 bits per heavy atom. The van der Waals surface area contributed by atoms with Gasteiger partial charge in [-0.1, -0.05) is 188 Å². The van der Waals surface area contributed by atoms with Crippen molar-refractivity contribution < 1.29 is 0 Å². The largest absolute Gasteiger partial charge is 0.292 e. The number of benzene rings is 9. The Labute approximate surface area is 349 Å². The molecule has 0 unspecified atom stereocenters. The number of aromatic nitrogens is 2. The lowest BCUT2D eigenvalue weighted by atomic mass is 9.67. The molecule has 1 aromatic heterocycles. The summed E-state index contributed by atoms with van der Waals surface area (Å²) in [6.07, 6.45) is 0. The summed E-state index contributed by atoms with van der Waals surface area (Å²) >= 11 is 0. The summed E-state index contributed by atoms with van der Waals surface area (Å²) < 4.78 is 2.25. The van der Waals surface area contributed by atoms with E-state index in [1.54, 1.807) is 0 Å². The van der Waals surface area contributed by atoms with Gasteiger partial charge in [-0.25, -0.2) is 4.98 Å². The molecule has 0 N–H and O–H groups in total. The molecule has 0 fully saturated rings. The van der Waals surface area contributed by atoms with Gasteiger partial charge in [0.25, 0.3) is 0 Å². The van der Waals surface area contributed by atoms with Crippen LogP contribution in [-0.2, 0) is 5.41 Å². The number of nitriles is 1. The maximum Gasteiger partial charge on any atom is 0.145 e. The van der Waals surface area contributed by atoms with Gasteiger partial charge in [-0.05, 0) is 103 Å². The number of rotatable bonds is 7. The van der Waals surface area contributed by atoms with Gasteiger partial charge in [0.15, 0.2) is 0 Å². The minimum Gasteiger partial charge on any atom is -0.292 e. The second-order valence-corrected chi connectivity index (χ2v) is 15.4. The molecule has 0 radical (unpaired) electrons. The van der Waals surface area contributed by atoms with Crippen molar-refractivity contribution in [1.82, 2.24) is 9.55 Å². The fourth-order valence-corrected chi connectivity index (χ4v) is 9.53. The molecule has 3 nitrogen and oxygen atoms in total. The minimum absolute atomic E-state index is 0.528. The van der Waals surface area contributed by atoms with Gasteiger partial charge in [-0.2, -0.15) is 5.26 Å². The molecule has 0 saturated carbocycles. The van der Waals surface area contributed by atoms with E-state index in [1.165, 1.54) is 38.9 Å². The second-order valence-electron chi connectivity index (χ2n) is 15.4. The number of imidazole rings is 1. The first-order valence-corrected chi connectivity index (χ1v) is 20.4. The molecule has 1 heterocycles. The van der Waals surface area contributed by atoms with Crippen LogP contribution >= 0.6 is 0 Å². The van der Waals surface area contributed by atoms with E-state index < -0.39 is 5.41 Å². The number of hydrogen-bond donors (Lipinski definition) is 0. The van der Waals surface area contributed by atoms with Crippen LogP contribution in [0.15, 0.2) is 224 Å².